The lowest BCUT2D eigenvalue weighted by Crippen LogP contribution is -2.31. The molecule has 5 nitrogen and oxygen atoms in total. The smallest absolute Gasteiger partial charge is 0.306 e. The molecule has 2 unspecified atom stereocenters. The fraction of sp³-hybridized carbons (Fsp3) is 0.538. The monoisotopic (exact) mass is 251 g/mol. The number of carboxylic acids is 1. The zero-order valence-corrected chi connectivity index (χ0v) is 10.3. The van der Waals surface area contributed by atoms with E-state index in [-0.39, 0.29) is 17.7 Å². The average Bonchev–Trinajstić information content (AvgIpc) is 2.98. The normalized spacial score (nSPS) is 22.9. The van der Waals surface area contributed by atoms with Gasteiger partial charge < -0.3 is 14.4 Å². The number of carboxylic acid groups (broad SMARTS) is 1. The van der Waals surface area contributed by atoms with Crippen molar-refractivity contribution in [1.29, 1.82) is 0 Å². The van der Waals surface area contributed by atoms with E-state index in [1.807, 2.05) is 6.07 Å². The first-order chi connectivity index (χ1) is 8.58. The van der Waals surface area contributed by atoms with Gasteiger partial charge in [0, 0.05) is 25.1 Å². The van der Waals surface area contributed by atoms with E-state index in [4.69, 9.17) is 9.52 Å². The molecule has 0 aliphatic heterocycles. The van der Waals surface area contributed by atoms with Crippen molar-refractivity contribution in [3.05, 3.63) is 24.2 Å². The Morgan fingerprint density at radius 3 is 2.72 bits per heavy atom. The van der Waals surface area contributed by atoms with Gasteiger partial charge in [0.2, 0.25) is 5.91 Å². The van der Waals surface area contributed by atoms with Gasteiger partial charge in [-0.05, 0) is 25.3 Å². The fourth-order valence-electron chi connectivity index (χ4n) is 2.48. The van der Waals surface area contributed by atoms with Crippen LogP contribution in [-0.2, 0) is 16.1 Å². The third kappa shape index (κ3) is 2.72. The van der Waals surface area contributed by atoms with Crippen molar-refractivity contribution >= 4 is 11.9 Å². The van der Waals surface area contributed by atoms with Gasteiger partial charge in [0.05, 0.1) is 18.4 Å². The molecule has 0 spiro atoms. The first-order valence-corrected chi connectivity index (χ1v) is 6.06. The first-order valence-electron chi connectivity index (χ1n) is 6.06. The Morgan fingerprint density at radius 1 is 1.44 bits per heavy atom. The summed E-state index contributed by atoms with van der Waals surface area (Å²) in [6.07, 6.45) is 4.92. The molecule has 1 N–H and O–H groups in total. The third-order valence-corrected chi connectivity index (χ3v) is 3.51. The third-order valence-electron chi connectivity index (χ3n) is 3.51. The molecule has 1 saturated carbocycles. The Kier molecular flexibility index (Phi) is 3.69. The van der Waals surface area contributed by atoms with Gasteiger partial charge >= 0.3 is 5.97 Å². The Balaban J connectivity index is 1.90. The molecule has 18 heavy (non-hydrogen) atoms. The Hall–Kier alpha value is -1.78. The van der Waals surface area contributed by atoms with Gasteiger partial charge in [-0.3, -0.25) is 9.59 Å². The van der Waals surface area contributed by atoms with Crippen LogP contribution < -0.4 is 0 Å². The van der Waals surface area contributed by atoms with E-state index in [2.05, 4.69) is 0 Å². The lowest BCUT2D eigenvalue weighted by Gasteiger charge is -2.20. The Morgan fingerprint density at radius 2 is 2.17 bits per heavy atom. The highest BCUT2D eigenvalue weighted by Gasteiger charge is 2.35. The molecule has 1 fully saturated rings. The van der Waals surface area contributed by atoms with Crippen molar-refractivity contribution in [2.24, 2.45) is 11.8 Å². The number of rotatable bonds is 4. The summed E-state index contributed by atoms with van der Waals surface area (Å²) in [6.45, 7) is 0.504. The predicted molar refractivity (Wildman–Crippen MR) is 63.6 cm³/mol. The minimum Gasteiger partial charge on any atom is -0.481 e. The van der Waals surface area contributed by atoms with E-state index in [9.17, 15) is 9.59 Å². The molecule has 1 amide bonds. The number of furan rings is 1. The molecule has 0 saturated heterocycles. The second kappa shape index (κ2) is 5.25. The van der Waals surface area contributed by atoms with Crippen molar-refractivity contribution in [3.63, 3.8) is 0 Å². The maximum atomic E-state index is 12.1. The molecule has 0 aromatic carbocycles. The Labute approximate surface area is 105 Å². The van der Waals surface area contributed by atoms with Crippen LogP contribution in [0.15, 0.2) is 23.0 Å². The molecule has 1 aromatic rings. The summed E-state index contributed by atoms with van der Waals surface area (Å²) in [5.41, 5.74) is 0.943. The molecular weight excluding hydrogens is 234 g/mol. The van der Waals surface area contributed by atoms with Gasteiger partial charge in [0.25, 0.3) is 0 Å². The van der Waals surface area contributed by atoms with Crippen molar-refractivity contribution in [2.45, 2.75) is 25.8 Å². The van der Waals surface area contributed by atoms with Gasteiger partial charge in [-0.15, -0.1) is 0 Å². The van der Waals surface area contributed by atoms with Crippen LogP contribution in [-0.4, -0.2) is 28.9 Å². The molecule has 2 rings (SSSR count). The number of amides is 1. The van der Waals surface area contributed by atoms with E-state index >= 15 is 0 Å². The van der Waals surface area contributed by atoms with E-state index in [0.29, 0.717) is 25.8 Å². The highest BCUT2D eigenvalue weighted by molar-refractivity contribution is 5.80. The van der Waals surface area contributed by atoms with Crippen molar-refractivity contribution < 1.29 is 19.1 Å². The molecule has 5 heteroatoms. The van der Waals surface area contributed by atoms with Crippen LogP contribution in [0.5, 0.6) is 0 Å². The van der Waals surface area contributed by atoms with Gasteiger partial charge in [0.1, 0.15) is 0 Å². The van der Waals surface area contributed by atoms with Crippen LogP contribution in [0.25, 0.3) is 0 Å². The molecule has 0 radical (unpaired) electrons. The maximum absolute atomic E-state index is 12.1. The largest absolute Gasteiger partial charge is 0.481 e. The quantitative estimate of drug-likeness (QED) is 0.884. The molecule has 1 aliphatic rings. The molecule has 98 valence electrons. The van der Waals surface area contributed by atoms with Crippen molar-refractivity contribution in [1.82, 2.24) is 4.90 Å². The average molecular weight is 251 g/mol. The van der Waals surface area contributed by atoms with Gasteiger partial charge in [-0.25, -0.2) is 0 Å². The standard InChI is InChI=1S/C13H17NO4/c1-14(7-9-4-5-18-8-9)12(15)10-2-3-11(6-10)13(16)17/h4-5,8,10-11H,2-3,6-7H2,1H3,(H,16,17). The SMILES string of the molecule is CN(Cc1ccoc1)C(=O)C1CCC(C(=O)O)C1. The number of aliphatic carboxylic acids is 1. The first kappa shape index (κ1) is 12.7. The van der Waals surface area contributed by atoms with Gasteiger partial charge in [0.15, 0.2) is 0 Å². The highest BCUT2D eigenvalue weighted by atomic mass is 16.4. The fourth-order valence-corrected chi connectivity index (χ4v) is 2.48. The van der Waals surface area contributed by atoms with Crippen LogP contribution in [0, 0.1) is 11.8 Å². The molecule has 1 aliphatic carbocycles. The summed E-state index contributed by atoms with van der Waals surface area (Å²) >= 11 is 0. The topological polar surface area (TPSA) is 70.8 Å². The summed E-state index contributed by atoms with van der Waals surface area (Å²) in [5.74, 6) is -1.27. The molecule has 2 atom stereocenters. The van der Waals surface area contributed by atoms with E-state index in [0.717, 1.165) is 5.56 Å². The summed E-state index contributed by atoms with van der Waals surface area (Å²) in [7, 11) is 1.74. The minimum absolute atomic E-state index is 0.0277. The maximum Gasteiger partial charge on any atom is 0.306 e. The molecule has 1 aromatic heterocycles. The van der Waals surface area contributed by atoms with Gasteiger partial charge in [-0.2, -0.15) is 0 Å². The molecule has 1 heterocycles. The summed E-state index contributed by atoms with van der Waals surface area (Å²) in [4.78, 5) is 24.6. The summed E-state index contributed by atoms with van der Waals surface area (Å²) in [5, 5.41) is 8.92. The van der Waals surface area contributed by atoms with E-state index in [1.165, 1.54) is 0 Å². The van der Waals surface area contributed by atoms with Gasteiger partial charge in [-0.1, -0.05) is 0 Å². The lowest BCUT2D eigenvalue weighted by atomic mass is 10.0. The molecule has 0 bridgehead atoms. The summed E-state index contributed by atoms with van der Waals surface area (Å²) < 4.78 is 4.95. The van der Waals surface area contributed by atoms with E-state index < -0.39 is 5.97 Å². The number of nitrogens with zero attached hydrogens (tertiary/aromatic N) is 1. The minimum atomic E-state index is -0.789. The zero-order valence-electron chi connectivity index (χ0n) is 10.3. The van der Waals surface area contributed by atoms with E-state index in [1.54, 1.807) is 24.5 Å². The summed E-state index contributed by atoms with van der Waals surface area (Å²) in [6, 6.07) is 1.82. The second-order valence-corrected chi connectivity index (χ2v) is 4.87. The van der Waals surface area contributed by atoms with Crippen molar-refractivity contribution in [3.8, 4) is 0 Å². The molecular formula is C13H17NO4. The second-order valence-electron chi connectivity index (χ2n) is 4.87. The lowest BCUT2D eigenvalue weighted by molar-refractivity contribution is -0.141. The van der Waals surface area contributed by atoms with Crippen LogP contribution in [0.2, 0.25) is 0 Å². The van der Waals surface area contributed by atoms with Crippen molar-refractivity contribution in [2.75, 3.05) is 7.05 Å². The van der Waals surface area contributed by atoms with Crippen LogP contribution in [0.3, 0.4) is 0 Å². The van der Waals surface area contributed by atoms with Crippen LogP contribution in [0.1, 0.15) is 24.8 Å². The number of hydrogen-bond donors (Lipinski definition) is 1. The Bertz CT molecular complexity index is 426. The van der Waals surface area contributed by atoms with Crippen LogP contribution >= 0.6 is 0 Å². The predicted octanol–water partition coefficient (Wildman–Crippen LogP) is 1.74. The highest BCUT2D eigenvalue weighted by Crippen LogP contribution is 2.32. The van der Waals surface area contributed by atoms with Crippen LogP contribution in [0.4, 0.5) is 0 Å². The zero-order chi connectivity index (χ0) is 13.1. The number of carbonyl (C=O) groups excluding carboxylic acids is 1. The number of carbonyl (C=O) groups is 2. The number of hydrogen-bond acceptors (Lipinski definition) is 3.